The van der Waals surface area contributed by atoms with Gasteiger partial charge in [0, 0.05) is 16.8 Å². The molecule has 0 heterocycles. The van der Waals surface area contributed by atoms with Crippen LogP contribution in [0.4, 0.5) is 11.4 Å². The first-order valence-corrected chi connectivity index (χ1v) is 8.98. The van der Waals surface area contributed by atoms with E-state index in [1.807, 2.05) is 36.4 Å². The molecule has 3 aromatic rings. The first-order valence-electron chi connectivity index (χ1n) is 8.07. The molecular formula is C21H17BrN2O2. The van der Waals surface area contributed by atoms with Crippen molar-refractivity contribution >= 4 is 39.0 Å². The highest BCUT2D eigenvalue weighted by molar-refractivity contribution is 9.10. The van der Waals surface area contributed by atoms with Gasteiger partial charge in [-0.3, -0.25) is 14.5 Å². The third kappa shape index (κ3) is 3.74. The lowest BCUT2D eigenvalue weighted by molar-refractivity contribution is -0.117. The van der Waals surface area contributed by atoms with E-state index >= 15 is 0 Å². The number of para-hydroxylation sites is 2. The van der Waals surface area contributed by atoms with Crippen molar-refractivity contribution in [3.63, 3.8) is 0 Å². The van der Waals surface area contributed by atoms with Gasteiger partial charge in [0.1, 0.15) is 4.95 Å². The Labute approximate surface area is 160 Å². The summed E-state index contributed by atoms with van der Waals surface area (Å²) in [6.45, 7) is 0. The van der Waals surface area contributed by atoms with E-state index in [2.05, 4.69) is 15.9 Å². The molecule has 1 amide bonds. The quantitative estimate of drug-likeness (QED) is 0.389. The molecular weight excluding hydrogens is 392 g/mol. The van der Waals surface area contributed by atoms with Crippen LogP contribution in [-0.2, 0) is 4.79 Å². The third-order valence-electron chi connectivity index (χ3n) is 3.90. The number of carbonyl (C=O) groups excluding carboxylic acids is 2. The van der Waals surface area contributed by atoms with Crippen LogP contribution in [0.3, 0.4) is 0 Å². The molecule has 2 N–H and O–H groups in total. The standard InChI is InChI=1S/C21H17BrN2O2/c22-20(23)21(26)24(16-11-5-2-6-12-16)18-14-8-7-13-17(18)19(25)15-9-3-1-4-10-15/h1-14,20H,23H2. The van der Waals surface area contributed by atoms with Crippen LogP contribution < -0.4 is 10.6 Å². The monoisotopic (exact) mass is 408 g/mol. The lowest BCUT2D eigenvalue weighted by Gasteiger charge is -2.26. The summed E-state index contributed by atoms with van der Waals surface area (Å²) in [4.78, 5) is 26.4. The van der Waals surface area contributed by atoms with Gasteiger partial charge in [0.25, 0.3) is 5.91 Å². The van der Waals surface area contributed by atoms with Gasteiger partial charge in [-0.2, -0.15) is 0 Å². The normalized spacial score (nSPS) is 11.6. The zero-order valence-electron chi connectivity index (χ0n) is 13.9. The molecule has 0 aliphatic heterocycles. The lowest BCUT2D eigenvalue weighted by atomic mass is 10.0. The molecule has 3 rings (SSSR count). The molecule has 0 aliphatic rings. The average molecular weight is 409 g/mol. The van der Waals surface area contributed by atoms with E-state index in [-0.39, 0.29) is 11.7 Å². The number of nitrogens with two attached hydrogens (primary N) is 1. The Balaban J connectivity index is 2.14. The Kier molecular flexibility index (Phi) is 5.61. The van der Waals surface area contributed by atoms with Crippen molar-refractivity contribution in [1.29, 1.82) is 0 Å². The van der Waals surface area contributed by atoms with Gasteiger partial charge in [0.15, 0.2) is 5.78 Å². The van der Waals surface area contributed by atoms with E-state index in [0.29, 0.717) is 22.5 Å². The molecule has 1 atom stereocenters. The fourth-order valence-electron chi connectivity index (χ4n) is 2.69. The van der Waals surface area contributed by atoms with Gasteiger partial charge in [-0.1, -0.05) is 76.6 Å². The maximum Gasteiger partial charge on any atom is 0.259 e. The number of ketones is 1. The number of anilines is 2. The van der Waals surface area contributed by atoms with Gasteiger partial charge < -0.3 is 5.73 Å². The Bertz CT molecular complexity index is 912. The zero-order chi connectivity index (χ0) is 18.5. The second kappa shape index (κ2) is 8.08. The Morgan fingerprint density at radius 2 is 1.35 bits per heavy atom. The first-order chi connectivity index (χ1) is 12.6. The number of amides is 1. The van der Waals surface area contributed by atoms with E-state index < -0.39 is 4.95 Å². The van der Waals surface area contributed by atoms with Gasteiger partial charge in [-0.15, -0.1) is 0 Å². The van der Waals surface area contributed by atoms with Crippen LogP contribution in [0.25, 0.3) is 0 Å². The highest BCUT2D eigenvalue weighted by atomic mass is 79.9. The smallest absolute Gasteiger partial charge is 0.259 e. The summed E-state index contributed by atoms with van der Waals surface area (Å²) in [7, 11) is 0. The molecule has 0 aliphatic carbocycles. The number of carbonyl (C=O) groups is 2. The van der Waals surface area contributed by atoms with Gasteiger partial charge in [0.05, 0.1) is 5.69 Å². The van der Waals surface area contributed by atoms with Crippen LogP contribution >= 0.6 is 15.9 Å². The molecule has 4 nitrogen and oxygen atoms in total. The summed E-state index contributed by atoms with van der Waals surface area (Å²) in [5.41, 5.74) is 7.92. The molecule has 0 bridgehead atoms. The predicted octanol–water partition coefficient (Wildman–Crippen LogP) is 4.26. The van der Waals surface area contributed by atoms with Crippen LogP contribution in [0, 0.1) is 0 Å². The lowest BCUT2D eigenvalue weighted by Crippen LogP contribution is -2.38. The predicted molar refractivity (Wildman–Crippen MR) is 107 cm³/mol. The van der Waals surface area contributed by atoms with Gasteiger partial charge >= 0.3 is 0 Å². The van der Waals surface area contributed by atoms with E-state index in [1.165, 1.54) is 4.90 Å². The zero-order valence-corrected chi connectivity index (χ0v) is 15.5. The van der Waals surface area contributed by atoms with Crippen molar-refractivity contribution in [2.75, 3.05) is 4.90 Å². The number of halogens is 1. The molecule has 0 aromatic heterocycles. The molecule has 0 saturated carbocycles. The van der Waals surface area contributed by atoms with Crippen molar-refractivity contribution in [2.45, 2.75) is 4.95 Å². The van der Waals surface area contributed by atoms with Crippen molar-refractivity contribution < 1.29 is 9.59 Å². The number of rotatable bonds is 5. The molecule has 0 saturated heterocycles. The molecule has 0 fully saturated rings. The number of alkyl halides is 1. The van der Waals surface area contributed by atoms with Crippen LogP contribution in [0.5, 0.6) is 0 Å². The molecule has 3 aromatic carbocycles. The fourth-order valence-corrected chi connectivity index (χ4v) is 2.90. The number of nitrogens with zero attached hydrogens (tertiary/aromatic N) is 1. The minimum absolute atomic E-state index is 0.155. The molecule has 5 heteroatoms. The minimum atomic E-state index is -0.886. The first kappa shape index (κ1) is 18.0. The highest BCUT2D eigenvalue weighted by Gasteiger charge is 2.26. The summed E-state index contributed by atoms with van der Waals surface area (Å²) in [6, 6.07) is 25.1. The SMILES string of the molecule is NC(Br)C(=O)N(c1ccccc1)c1ccccc1C(=O)c1ccccc1. The van der Waals surface area contributed by atoms with Gasteiger partial charge in [-0.25, -0.2) is 0 Å². The minimum Gasteiger partial charge on any atom is -0.311 e. The summed E-state index contributed by atoms with van der Waals surface area (Å²) < 4.78 is 0. The van der Waals surface area contributed by atoms with Crippen molar-refractivity contribution in [1.82, 2.24) is 0 Å². The van der Waals surface area contributed by atoms with Gasteiger partial charge in [0.2, 0.25) is 0 Å². The van der Waals surface area contributed by atoms with Crippen molar-refractivity contribution in [3.05, 3.63) is 96.1 Å². The number of hydrogen-bond donors (Lipinski definition) is 1. The molecule has 0 spiro atoms. The van der Waals surface area contributed by atoms with Gasteiger partial charge in [-0.05, 0) is 24.3 Å². The van der Waals surface area contributed by atoms with E-state index in [4.69, 9.17) is 5.73 Å². The highest BCUT2D eigenvalue weighted by Crippen LogP contribution is 2.31. The average Bonchev–Trinajstić information content (AvgIpc) is 2.69. The Morgan fingerprint density at radius 1 is 0.808 bits per heavy atom. The second-order valence-corrected chi connectivity index (χ2v) is 6.61. The molecule has 26 heavy (non-hydrogen) atoms. The largest absolute Gasteiger partial charge is 0.311 e. The molecule has 1 unspecified atom stereocenters. The Hall–Kier alpha value is -2.76. The van der Waals surface area contributed by atoms with Crippen molar-refractivity contribution in [3.8, 4) is 0 Å². The third-order valence-corrected chi connectivity index (χ3v) is 4.29. The summed E-state index contributed by atoms with van der Waals surface area (Å²) in [5.74, 6) is -0.511. The maximum absolute atomic E-state index is 13.0. The fraction of sp³-hybridized carbons (Fsp3) is 0.0476. The Morgan fingerprint density at radius 3 is 1.96 bits per heavy atom. The van der Waals surface area contributed by atoms with Crippen LogP contribution in [0.2, 0.25) is 0 Å². The summed E-state index contributed by atoms with van der Waals surface area (Å²) >= 11 is 3.14. The van der Waals surface area contributed by atoms with Crippen LogP contribution in [-0.4, -0.2) is 16.6 Å². The van der Waals surface area contributed by atoms with E-state index in [0.717, 1.165) is 0 Å². The van der Waals surface area contributed by atoms with E-state index in [1.54, 1.807) is 48.5 Å². The molecule has 0 radical (unpaired) electrons. The topological polar surface area (TPSA) is 63.4 Å². The van der Waals surface area contributed by atoms with Crippen LogP contribution in [0.15, 0.2) is 84.9 Å². The second-order valence-electron chi connectivity index (χ2n) is 5.62. The van der Waals surface area contributed by atoms with E-state index in [9.17, 15) is 9.59 Å². The maximum atomic E-state index is 13.0. The number of hydrogen-bond acceptors (Lipinski definition) is 3. The van der Waals surface area contributed by atoms with Crippen LogP contribution in [0.1, 0.15) is 15.9 Å². The summed E-state index contributed by atoms with van der Waals surface area (Å²) in [6.07, 6.45) is 0. The molecule has 130 valence electrons. The number of benzene rings is 3. The summed E-state index contributed by atoms with van der Waals surface area (Å²) in [5, 5.41) is 0. The van der Waals surface area contributed by atoms with Crippen molar-refractivity contribution in [2.24, 2.45) is 5.73 Å².